The SMILES string of the molecule is CCn1nc(C)cc1C(=O)Nc1nc2cc(C(N)=O)cc(OCCCOC(=O)NCCC(=O)O)c2n1CC=CCn1c2nc(-c3cc(C)nn3CC)ncc2c2cc(C(N)=O)cc(OCCOCCOCCC(=O)O)c21. The number of carbonyl (C=O) groups is 6. The van der Waals surface area contributed by atoms with E-state index in [-0.39, 0.29) is 119 Å². The molecule has 0 spiro atoms. The number of fused-ring (bicyclic) bond motifs is 4. The molecule has 0 radical (unpaired) electrons. The molecule has 7 aromatic rings. The third-order valence-electron chi connectivity index (χ3n) is 11.6. The van der Waals surface area contributed by atoms with Crippen LogP contribution >= 0.6 is 0 Å². The molecule has 26 heteroatoms. The molecule has 5 aromatic heterocycles. The van der Waals surface area contributed by atoms with Gasteiger partial charge >= 0.3 is 18.0 Å². The van der Waals surface area contributed by atoms with Gasteiger partial charge in [0.1, 0.15) is 40.7 Å². The predicted molar refractivity (Wildman–Crippen MR) is 274 cm³/mol. The van der Waals surface area contributed by atoms with E-state index in [9.17, 15) is 28.8 Å². The molecule has 0 atom stereocenters. The number of carbonyl (C=O) groups excluding carboxylic acids is 4. The molecule has 0 saturated carbocycles. The molecule has 0 bridgehead atoms. The number of nitrogens with zero attached hydrogens (tertiary/aromatic N) is 9. The van der Waals surface area contributed by atoms with Crippen LogP contribution in [0.2, 0.25) is 0 Å². The Balaban J connectivity index is 1.25. The maximum Gasteiger partial charge on any atom is 0.407 e. The van der Waals surface area contributed by atoms with Gasteiger partial charge in [-0.2, -0.15) is 10.2 Å². The Bertz CT molecular complexity index is 3320. The van der Waals surface area contributed by atoms with E-state index >= 15 is 0 Å². The molecule has 402 valence electrons. The summed E-state index contributed by atoms with van der Waals surface area (Å²) in [7, 11) is 0. The van der Waals surface area contributed by atoms with Crippen molar-refractivity contribution in [2.75, 3.05) is 58.1 Å². The molecule has 0 aliphatic heterocycles. The van der Waals surface area contributed by atoms with Gasteiger partial charge < -0.3 is 59.8 Å². The second-order valence-corrected chi connectivity index (χ2v) is 17.1. The Kier molecular flexibility index (Phi) is 18.3. The number of rotatable bonds is 29. The summed E-state index contributed by atoms with van der Waals surface area (Å²) in [6, 6.07) is 9.69. The Morgan fingerprint density at radius 3 is 2.01 bits per heavy atom. The van der Waals surface area contributed by atoms with E-state index in [1.807, 2.05) is 43.6 Å². The first-order valence-electron chi connectivity index (χ1n) is 24.3. The molecule has 8 N–H and O–H groups in total. The maximum absolute atomic E-state index is 14.0. The molecule has 0 saturated heterocycles. The molecule has 4 amide bonds. The number of amides is 4. The molecule has 5 heterocycles. The number of ether oxygens (including phenoxy) is 5. The fourth-order valence-corrected chi connectivity index (χ4v) is 8.16. The van der Waals surface area contributed by atoms with Gasteiger partial charge in [0.25, 0.3) is 5.91 Å². The van der Waals surface area contributed by atoms with E-state index < -0.39 is 35.8 Å². The second kappa shape index (κ2) is 25.4. The van der Waals surface area contributed by atoms with Crippen molar-refractivity contribution >= 4 is 74.7 Å². The van der Waals surface area contributed by atoms with Crippen molar-refractivity contribution in [3.05, 3.63) is 83.0 Å². The highest BCUT2D eigenvalue weighted by atomic mass is 16.6. The smallest absolute Gasteiger partial charge is 0.407 e. The number of alkyl carbamates (subject to hydrolysis) is 1. The Morgan fingerprint density at radius 1 is 0.684 bits per heavy atom. The number of aryl methyl sites for hydroxylation is 4. The molecular formula is C50H59N13O13. The fraction of sp³-hybridized carbons (Fsp3) is 0.380. The van der Waals surface area contributed by atoms with Crippen molar-refractivity contribution in [1.29, 1.82) is 0 Å². The van der Waals surface area contributed by atoms with Crippen LogP contribution in [0.1, 0.15) is 75.7 Å². The van der Waals surface area contributed by atoms with Crippen LogP contribution in [-0.4, -0.2) is 142 Å². The van der Waals surface area contributed by atoms with Crippen molar-refractivity contribution in [3.63, 3.8) is 0 Å². The predicted octanol–water partition coefficient (Wildman–Crippen LogP) is 4.21. The molecule has 0 aliphatic carbocycles. The monoisotopic (exact) mass is 1050 g/mol. The van der Waals surface area contributed by atoms with Crippen LogP contribution < -0.4 is 31.6 Å². The van der Waals surface area contributed by atoms with E-state index in [0.29, 0.717) is 63.5 Å². The summed E-state index contributed by atoms with van der Waals surface area (Å²) in [5.41, 5.74) is 16.0. The van der Waals surface area contributed by atoms with E-state index in [1.165, 1.54) is 12.1 Å². The van der Waals surface area contributed by atoms with Crippen LogP contribution in [0.25, 0.3) is 44.5 Å². The first kappa shape index (κ1) is 54.9. The van der Waals surface area contributed by atoms with Crippen LogP contribution in [-0.2, 0) is 50.0 Å². The summed E-state index contributed by atoms with van der Waals surface area (Å²) in [5, 5.41) is 33.2. The van der Waals surface area contributed by atoms with E-state index in [2.05, 4.69) is 20.8 Å². The van der Waals surface area contributed by atoms with E-state index in [4.69, 9.17) is 60.3 Å². The number of nitrogens with two attached hydrogens (primary N) is 2. The number of anilines is 1. The third-order valence-corrected chi connectivity index (χ3v) is 11.6. The minimum absolute atomic E-state index is 0.00928. The van der Waals surface area contributed by atoms with Gasteiger partial charge in [-0.05, 0) is 64.1 Å². The topological polar surface area (TPSA) is 349 Å². The van der Waals surface area contributed by atoms with E-state index in [0.717, 1.165) is 5.69 Å². The standard InChI is InChI=1S/C50H59N13O13/c1-5-62-36(22-29(3)58-62)46-54-28-34-33-24-31(44(51)68)26-38(75-21-20-73-19-18-72-17-11-41(66)67)42(33)60(47(34)56-46)13-7-8-14-61-43-35(55-49(61)57-48(70)37-23-30(4)59-63(37)6-2)25-32(45(52)69)27-39(43)74-15-9-16-76-50(71)53-12-10-40(64)65/h7-8,22-28H,5-6,9-21H2,1-4H3,(H2,51,68)(H2,52,69)(H,53,71)(H,64,65)(H,66,67)(H,55,57,70). The van der Waals surface area contributed by atoms with Crippen LogP contribution in [0.4, 0.5) is 10.7 Å². The lowest BCUT2D eigenvalue weighted by Gasteiger charge is -2.14. The average molecular weight is 1050 g/mol. The molecule has 26 nitrogen and oxygen atoms in total. The first-order chi connectivity index (χ1) is 36.6. The number of carboxylic acid groups (broad SMARTS) is 2. The van der Waals surface area contributed by atoms with Gasteiger partial charge in [0.2, 0.25) is 17.8 Å². The number of nitrogens with one attached hydrogen (secondary N) is 2. The second-order valence-electron chi connectivity index (χ2n) is 17.1. The largest absolute Gasteiger partial charge is 0.491 e. The van der Waals surface area contributed by atoms with E-state index in [1.54, 1.807) is 45.3 Å². The molecule has 76 heavy (non-hydrogen) atoms. The van der Waals surface area contributed by atoms with Gasteiger partial charge in [-0.3, -0.25) is 38.7 Å². The lowest BCUT2D eigenvalue weighted by molar-refractivity contribution is -0.138. The zero-order valence-electron chi connectivity index (χ0n) is 42.4. The molecule has 0 unspecified atom stereocenters. The van der Waals surface area contributed by atoms with Crippen LogP contribution in [0, 0.1) is 13.8 Å². The number of primary amides is 2. The van der Waals surface area contributed by atoms with Gasteiger partial charge in [-0.1, -0.05) is 12.2 Å². The number of hydrogen-bond acceptors (Lipinski definition) is 16. The van der Waals surface area contributed by atoms with Crippen molar-refractivity contribution in [2.45, 2.75) is 73.1 Å². The van der Waals surface area contributed by atoms with Crippen LogP contribution in [0.15, 0.2) is 54.7 Å². The maximum atomic E-state index is 14.0. The van der Waals surface area contributed by atoms with Crippen molar-refractivity contribution < 1.29 is 62.7 Å². The number of aliphatic carboxylic acids is 2. The summed E-state index contributed by atoms with van der Waals surface area (Å²) >= 11 is 0. The third kappa shape index (κ3) is 13.4. The van der Waals surface area contributed by atoms with Crippen molar-refractivity contribution in [1.82, 2.24) is 49.0 Å². The summed E-state index contributed by atoms with van der Waals surface area (Å²) in [6.45, 7) is 9.07. The summed E-state index contributed by atoms with van der Waals surface area (Å²) in [5.74, 6) is -3.01. The van der Waals surface area contributed by atoms with Gasteiger partial charge in [0.15, 0.2) is 5.82 Å². The van der Waals surface area contributed by atoms with Gasteiger partial charge in [0, 0.05) is 67.2 Å². The molecule has 0 fully saturated rings. The normalized spacial score (nSPS) is 11.5. The summed E-state index contributed by atoms with van der Waals surface area (Å²) < 4.78 is 35.7. The van der Waals surface area contributed by atoms with Crippen LogP contribution in [0.5, 0.6) is 11.5 Å². The molecular weight excluding hydrogens is 991 g/mol. The van der Waals surface area contributed by atoms with Crippen molar-refractivity contribution in [2.24, 2.45) is 11.5 Å². The fourth-order valence-electron chi connectivity index (χ4n) is 8.16. The number of benzene rings is 2. The van der Waals surface area contributed by atoms with Gasteiger partial charge in [-0.25, -0.2) is 19.7 Å². The quantitative estimate of drug-likeness (QED) is 0.0282. The number of allylic oxidation sites excluding steroid dienone is 2. The average Bonchev–Trinajstić information content (AvgIpc) is 4.19. The highest BCUT2D eigenvalue weighted by Gasteiger charge is 2.24. The first-order valence-corrected chi connectivity index (χ1v) is 24.3. The van der Waals surface area contributed by atoms with Gasteiger partial charge in [0.05, 0.1) is 74.9 Å². The Hall–Kier alpha value is -8.91. The highest BCUT2D eigenvalue weighted by molar-refractivity contribution is 6.12. The minimum Gasteiger partial charge on any atom is -0.491 e. The lowest BCUT2D eigenvalue weighted by atomic mass is 10.1. The summed E-state index contributed by atoms with van der Waals surface area (Å²) in [4.78, 5) is 87.7. The minimum atomic E-state index is -1.07. The number of imidazole rings is 1. The summed E-state index contributed by atoms with van der Waals surface area (Å²) in [6.07, 6.45) is 4.37. The van der Waals surface area contributed by atoms with Gasteiger partial charge in [-0.15, -0.1) is 0 Å². The Morgan fingerprint density at radius 2 is 1.32 bits per heavy atom. The zero-order chi connectivity index (χ0) is 54.5. The molecule has 2 aromatic carbocycles. The molecule has 0 aliphatic rings. The number of carboxylic acids is 2. The number of hydrogen-bond donors (Lipinski definition) is 6. The Labute approximate surface area is 433 Å². The highest BCUT2D eigenvalue weighted by Crippen LogP contribution is 2.37. The molecule has 7 rings (SSSR count). The lowest BCUT2D eigenvalue weighted by Crippen LogP contribution is -2.27. The number of aromatic nitrogens is 9. The van der Waals surface area contributed by atoms with Crippen LogP contribution in [0.3, 0.4) is 0 Å². The van der Waals surface area contributed by atoms with Crippen molar-refractivity contribution in [3.8, 4) is 23.0 Å². The zero-order valence-corrected chi connectivity index (χ0v) is 42.4.